The number of rotatable bonds is 6. The standard InChI is InChI=1S/C21H20Cl2N2O3S/c1-13-4-9-17(23)20-19(13)24-21(29-20)25(11-16-3-2-10-27-16)18(26)12-28-15-7-5-14(22)6-8-15/h4-9,16H,2-3,10-12H2,1H3. The van der Waals surface area contributed by atoms with Crippen LogP contribution in [-0.4, -0.2) is 36.8 Å². The summed E-state index contributed by atoms with van der Waals surface area (Å²) in [5.74, 6) is 0.409. The van der Waals surface area contributed by atoms with Crippen LogP contribution in [0.25, 0.3) is 10.2 Å². The van der Waals surface area contributed by atoms with Crippen LogP contribution < -0.4 is 9.64 Å². The minimum absolute atomic E-state index is 0.00179. The van der Waals surface area contributed by atoms with Crippen molar-refractivity contribution in [3.05, 3.63) is 52.0 Å². The molecular weight excluding hydrogens is 431 g/mol. The third-order valence-electron chi connectivity index (χ3n) is 4.80. The Morgan fingerprint density at radius 1 is 1.28 bits per heavy atom. The van der Waals surface area contributed by atoms with Gasteiger partial charge >= 0.3 is 0 Å². The molecule has 0 N–H and O–H groups in total. The number of hydrogen-bond acceptors (Lipinski definition) is 5. The summed E-state index contributed by atoms with van der Waals surface area (Å²) in [6, 6.07) is 10.7. The van der Waals surface area contributed by atoms with Crippen LogP contribution in [0.3, 0.4) is 0 Å². The second-order valence-corrected chi connectivity index (χ2v) is 8.74. The fraction of sp³-hybridized carbons (Fsp3) is 0.333. The number of carbonyl (C=O) groups is 1. The minimum atomic E-state index is -0.178. The van der Waals surface area contributed by atoms with Gasteiger partial charge in [0.15, 0.2) is 11.7 Å². The van der Waals surface area contributed by atoms with Crippen LogP contribution in [0, 0.1) is 6.92 Å². The summed E-state index contributed by atoms with van der Waals surface area (Å²) in [5.41, 5.74) is 1.84. The quantitative estimate of drug-likeness (QED) is 0.497. The van der Waals surface area contributed by atoms with E-state index < -0.39 is 0 Å². The lowest BCUT2D eigenvalue weighted by Crippen LogP contribution is -2.40. The van der Waals surface area contributed by atoms with E-state index in [4.69, 9.17) is 37.7 Å². The second kappa shape index (κ2) is 8.88. The molecule has 152 valence electrons. The van der Waals surface area contributed by atoms with Crippen LogP contribution in [0.5, 0.6) is 5.75 Å². The van der Waals surface area contributed by atoms with Crippen LogP contribution in [0.15, 0.2) is 36.4 Å². The molecule has 1 aromatic heterocycles. The summed E-state index contributed by atoms with van der Waals surface area (Å²) in [4.78, 5) is 19.4. The Bertz CT molecular complexity index is 978. The van der Waals surface area contributed by atoms with Gasteiger partial charge in [-0.05, 0) is 55.7 Å². The lowest BCUT2D eigenvalue weighted by Gasteiger charge is -2.23. The number of aromatic nitrogens is 1. The molecule has 5 nitrogen and oxygen atoms in total. The number of amides is 1. The Morgan fingerprint density at radius 2 is 2.07 bits per heavy atom. The first-order valence-corrected chi connectivity index (χ1v) is 10.9. The molecule has 1 unspecified atom stereocenters. The van der Waals surface area contributed by atoms with E-state index in [1.54, 1.807) is 29.2 Å². The van der Waals surface area contributed by atoms with E-state index in [-0.39, 0.29) is 18.6 Å². The predicted molar refractivity (Wildman–Crippen MR) is 118 cm³/mol. The molecule has 29 heavy (non-hydrogen) atoms. The predicted octanol–water partition coefficient (Wildman–Crippen LogP) is 5.50. The number of halogens is 2. The average molecular weight is 451 g/mol. The van der Waals surface area contributed by atoms with Gasteiger partial charge in [0, 0.05) is 11.6 Å². The Labute approximate surface area is 183 Å². The second-order valence-electron chi connectivity index (χ2n) is 6.92. The molecule has 2 heterocycles. The van der Waals surface area contributed by atoms with Crippen molar-refractivity contribution in [1.82, 2.24) is 4.98 Å². The summed E-state index contributed by atoms with van der Waals surface area (Å²) in [6.45, 7) is 3.05. The summed E-state index contributed by atoms with van der Waals surface area (Å²) in [6.07, 6.45) is 1.92. The molecule has 2 aromatic carbocycles. The normalized spacial score (nSPS) is 16.3. The van der Waals surface area contributed by atoms with Gasteiger partial charge in [0.1, 0.15) is 5.75 Å². The van der Waals surface area contributed by atoms with E-state index in [9.17, 15) is 4.79 Å². The molecule has 0 saturated carbocycles. The number of nitrogens with zero attached hydrogens (tertiary/aromatic N) is 2. The molecule has 1 atom stereocenters. The Kier molecular flexibility index (Phi) is 6.25. The van der Waals surface area contributed by atoms with Crippen LogP contribution in [0.2, 0.25) is 10.0 Å². The van der Waals surface area contributed by atoms with Crippen molar-refractivity contribution >= 4 is 55.8 Å². The number of fused-ring (bicyclic) bond motifs is 1. The van der Waals surface area contributed by atoms with Gasteiger partial charge in [-0.15, -0.1) is 0 Å². The molecule has 1 saturated heterocycles. The van der Waals surface area contributed by atoms with Crippen molar-refractivity contribution in [1.29, 1.82) is 0 Å². The van der Waals surface area contributed by atoms with Crippen molar-refractivity contribution < 1.29 is 14.3 Å². The summed E-state index contributed by atoms with van der Waals surface area (Å²) >= 11 is 13.7. The van der Waals surface area contributed by atoms with Gasteiger partial charge in [0.2, 0.25) is 0 Å². The summed E-state index contributed by atoms with van der Waals surface area (Å²) < 4.78 is 12.3. The molecule has 1 aliphatic heterocycles. The number of thiazole rings is 1. The number of carbonyl (C=O) groups excluding carboxylic acids is 1. The molecule has 3 aromatic rings. The largest absolute Gasteiger partial charge is 0.484 e. The first kappa shape index (κ1) is 20.4. The van der Waals surface area contributed by atoms with Gasteiger partial charge in [0.25, 0.3) is 5.91 Å². The molecule has 0 bridgehead atoms. The van der Waals surface area contributed by atoms with Crippen LogP contribution in [0.4, 0.5) is 5.13 Å². The number of hydrogen-bond donors (Lipinski definition) is 0. The average Bonchev–Trinajstić information content (AvgIpc) is 3.39. The van der Waals surface area contributed by atoms with Gasteiger partial charge in [-0.25, -0.2) is 4.98 Å². The highest BCUT2D eigenvalue weighted by Gasteiger charge is 2.27. The van der Waals surface area contributed by atoms with Crippen LogP contribution in [0.1, 0.15) is 18.4 Å². The van der Waals surface area contributed by atoms with E-state index in [0.717, 1.165) is 35.2 Å². The van der Waals surface area contributed by atoms with E-state index >= 15 is 0 Å². The maximum atomic E-state index is 13.1. The number of benzene rings is 2. The molecule has 0 spiro atoms. The Balaban J connectivity index is 1.58. The lowest BCUT2D eigenvalue weighted by atomic mass is 10.2. The van der Waals surface area contributed by atoms with Gasteiger partial charge in [-0.2, -0.15) is 0 Å². The van der Waals surface area contributed by atoms with Crippen LogP contribution in [-0.2, 0) is 9.53 Å². The van der Waals surface area contributed by atoms with Crippen molar-refractivity contribution in [3.63, 3.8) is 0 Å². The summed E-state index contributed by atoms with van der Waals surface area (Å²) in [7, 11) is 0. The van der Waals surface area contributed by atoms with Gasteiger partial charge in [0.05, 0.1) is 27.9 Å². The third kappa shape index (κ3) is 4.67. The number of aryl methyl sites for hydroxylation is 1. The van der Waals surface area contributed by atoms with Crippen molar-refractivity contribution in [2.24, 2.45) is 0 Å². The van der Waals surface area contributed by atoms with Gasteiger partial charge in [-0.3, -0.25) is 9.69 Å². The molecule has 4 rings (SSSR count). The first-order valence-electron chi connectivity index (χ1n) is 9.37. The number of anilines is 1. The van der Waals surface area contributed by atoms with Gasteiger partial charge in [-0.1, -0.05) is 40.6 Å². The minimum Gasteiger partial charge on any atom is -0.484 e. The highest BCUT2D eigenvalue weighted by molar-refractivity contribution is 7.23. The fourth-order valence-electron chi connectivity index (χ4n) is 3.24. The van der Waals surface area contributed by atoms with Crippen molar-refractivity contribution in [3.8, 4) is 5.75 Å². The Hall–Kier alpha value is -1.86. The lowest BCUT2D eigenvalue weighted by molar-refractivity contribution is -0.120. The number of ether oxygens (including phenoxy) is 2. The smallest absolute Gasteiger partial charge is 0.266 e. The third-order valence-corrected chi connectivity index (χ3v) is 6.59. The molecular formula is C21H20Cl2N2O3S. The maximum Gasteiger partial charge on any atom is 0.266 e. The highest BCUT2D eigenvalue weighted by atomic mass is 35.5. The van der Waals surface area contributed by atoms with E-state index in [1.807, 2.05) is 19.1 Å². The first-order chi connectivity index (χ1) is 14.0. The van der Waals surface area contributed by atoms with Crippen molar-refractivity contribution in [2.75, 3.05) is 24.7 Å². The molecule has 0 aliphatic carbocycles. The Morgan fingerprint density at radius 3 is 2.76 bits per heavy atom. The van der Waals surface area contributed by atoms with E-state index in [0.29, 0.717) is 27.5 Å². The molecule has 0 radical (unpaired) electrons. The van der Waals surface area contributed by atoms with E-state index in [2.05, 4.69) is 0 Å². The zero-order valence-corrected chi connectivity index (χ0v) is 18.2. The topological polar surface area (TPSA) is 51.7 Å². The van der Waals surface area contributed by atoms with Gasteiger partial charge < -0.3 is 9.47 Å². The monoisotopic (exact) mass is 450 g/mol. The van der Waals surface area contributed by atoms with E-state index in [1.165, 1.54) is 11.3 Å². The summed E-state index contributed by atoms with van der Waals surface area (Å²) in [5, 5.41) is 1.86. The molecule has 1 aliphatic rings. The molecule has 1 fully saturated rings. The van der Waals surface area contributed by atoms with Crippen molar-refractivity contribution in [2.45, 2.75) is 25.9 Å². The zero-order valence-electron chi connectivity index (χ0n) is 15.9. The van der Waals surface area contributed by atoms with Crippen LogP contribution >= 0.6 is 34.5 Å². The zero-order chi connectivity index (χ0) is 20.4. The SMILES string of the molecule is Cc1ccc(Cl)c2sc(N(CC3CCCO3)C(=O)COc3ccc(Cl)cc3)nc12. The molecule has 8 heteroatoms. The highest BCUT2D eigenvalue weighted by Crippen LogP contribution is 2.36. The fourth-order valence-corrected chi connectivity index (χ4v) is 4.71. The molecule has 1 amide bonds. The maximum absolute atomic E-state index is 13.1.